The predicted octanol–water partition coefficient (Wildman–Crippen LogP) is 4.48. The summed E-state index contributed by atoms with van der Waals surface area (Å²) in [5, 5.41) is 4.70. The largest absolute Gasteiger partial charge is 0.494 e. The fourth-order valence-electron chi connectivity index (χ4n) is 3.14. The van der Waals surface area contributed by atoms with Gasteiger partial charge >= 0.3 is 0 Å². The van der Waals surface area contributed by atoms with E-state index >= 15 is 0 Å². The van der Waals surface area contributed by atoms with Crippen molar-refractivity contribution >= 4 is 17.2 Å². The molecular formula is C23H22N4O. The smallest absolute Gasteiger partial charge is 0.154 e. The van der Waals surface area contributed by atoms with Gasteiger partial charge in [0.25, 0.3) is 0 Å². The highest BCUT2D eigenvalue weighted by molar-refractivity contribution is 6.18. The maximum absolute atomic E-state index is 5.54. The van der Waals surface area contributed by atoms with E-state index in [1.165, 1.54) is 5.56 Å². The van der Waals surface area contributed by atoms with Crippen molar-refractivity contribution in [1.82, 2.24) is 10.4 Å². The third-order valence-corrected chi connectivity index (χ3v) is 4.62. The lowest BCUT2D eigenvalue weighted by Gasteiger charge is -2.09. The van der Waals surface area contributed by atoms with Crippen LogP contribution in [0.25, 0.3) is 0 Å². The first-order chi connectivity index (χ1) is 13.8. The van der Waals surface area contributed by atoms with Gasteiger partial charge in [0.15, 0.2) is 5.84 Å². The number of rotatable bonds is 5. The Morgan fingerprint density at radius 1 is 0.893 bits per heavy atom. The number of hydrogen-bond donors (Lipinski definition) is 1. The van der Waals surface area contributed by atoms with E-state index in [9.17, 15) is 0 Å². The second kappa shape index (κ2) is 8.05. The molecule has 0 unspecified atom stereocenters. The van der Waals surface area contributed by atoms with E-state index < -0.39 is 0 Å². The molecule has 2 heterocycles. The Balaban J connectivity index is 1.79. The van der Waals surface area contributed by atoms with Crippen LogP contribution in [-0.4, -0.2) is 23.1 Å². The molecule has 0 fully saturated rings. The molecule has 2 aromatic carbocycles. The number of ether oxygens (including phenoxy) is 1. The van der Waals surface area contributed by atoms with E-state index in [-0.39, 0.29) is 0 Å². The number of aryl methyl sites for hydroxylation is 1. The van der Waals surface area contributed by atoms with Crippen LogP contribution < -0.4 is 10.2 Å². The SMILES string of the molecule is CCOc1ccc(C2=Nc3ccc(CC)cc3C(c3ccncc3)=NN2)cc1. The number of pyridine rings is 1. The zero-order valence-electron chi connectivity index (χ0n) is 16.0. The fourth-order valence-corrected chi connectivity index (χ4v) is 3.14. The number of fused-ring (bicyclic) bond motifs is 1. The Morgan fingerprint density at radius 2 is 1.68 bits per heavy atom. The van der Waals surface area contributed by atoms with Gasteiger partial charge in [-0.1, -0.05) is 13.0 Å². The number of benzene rings is 2. The number of aliphatic imine (C=N–C) groups is 1. The molecule has 1 aliphatic heterocycles. The van der Waals surface area contributed by atoms with Gasteiger partial charge in [-0.25, -0.2) is 4.99 Å². The zero-order valence-corrected chi connectivity index (χ0v) is 16.0. The molecule has 5 nitrogen and oxygen atoms in total. The number of hydrogen-bond acceptors (Lipinski definition) is 5. The summed E-state index contributed by atoms with van der Waals surface area (Å²) >= 11 is 0. The molecule has 28 heavy (non-hydrogen) atoms. The van der Waals surface area contributed by atoms with Gasteiger partial charge in [-0.15, -0.1) is 0 Å². The van der Waals surface area contributed by atoms with Gasteiger partial charge in [0, 0.05) is 29.1 Å². The third-order valence-electron chi connectivity index (χ3n) is 4.62. The van der Waals surface area contributed by atoms with E-state index in [4.69, 9.17) is 14.8 Å². The number of nitrogens with one attached hydrogen (secondary N) is 1. The van der Waals surface area contributed by atoms with E-state index in [2.05, 4.69) is 35.5 Å². The molecule has 4 rings (SSSR count). The summed E-state index contributed by atoms with van der Waals surface area (Å²) in [4.78, 5) is 8.99. The minimum absolute atomic E-state index is 0.644. The molecule has 1 aliphatic rings. The average molecular weight is 370 g/mol. The molecule has 0 saturated carbocycles. The highest BCUT2D eigenvalue weighted by Gasteiger charge is 2.17. The van der Waals surface area contributed by atoms with Crippen LogP contribution in [-0.2, 0) is 6.42 Å². The first-order valence-electron chi connectivity index (χ1n) is 9.47. The third kappa shape index (κ3) is 3.64. The molecule has 0 atom stereocenters. The summed E-state index contributed by atoms with van der Waals surface area (Å²) < 4.78 is 5.54. The predicted molar refractivity (Wildman–Crippen MR) is 113 cm³/mol. The molecule has 1 N–H and O–H groups in total. The Bertz CT molecular complexity index is 1020. The molecule has 140 valence electrons. The van der Waals surface area contributed by atoms with Crippen molar-refractivity contribution < 1.29 is 4.74 Å². The monoisotopic (exact) mass is 370 g/mol. The highest BCUT2D eigenvalue weighted by atomic mass is 16.5. The van der Waals surface area contributed by atoms with Crippen molar-refractivity contribution in [2.45, 2.75) is 20.3 Å². The minimum Gasteiger partial charge on any atom is -0.494 e. The molecule has 3 aromatic rings. The van der Waals surface area contributed by atoms with Gasteiger partial charge in [0.1, 0.15) is 11.5 Å². The molecule has 0 saturated heterocycles. The van der Waals surface area contributed by atoms with E-state index in [1.54, 1.807) is 12.4 Å². The summed E-state index contributed by atoms with van der Waals surface area (Å²) in [5.74, 6) is 1.55. The van der Waals surface area contributed by atoms with Crippen LogP contribution in [0, 0.1) is 0 Å². The Morgan fingerprint density at radius 3 is 2.39 bits per heavy atom. The lowest BCUT2D eigenvalue weighted by atomic mass is 9.98. The normalized spacial score (nSPS) is 12.9. The number of hydrazone groups is 1. The fraction of sp³-hybridized carbons (Fsp3) is 0.174. The van der Waals surface area contributed by atoms with Gasteiger partial charge in [0.2, 0.25) is 0 Å². The number of aromatic nitrogens is 1. The van der Waals surface area contributed by atoms with E-state index in [0.717, 1.165) is 40.3 Å². The maximum atomic E-state index is 5.54. The van der Waals surface area contributed by atoms with Crippen LogP contribution >= 0.6 is 0 Å². The molecule has 0 aliphatic carbocycles. The van der Waals surface area contributed by atoms with E-state index in [0.29, 0.717) is 12.4 Å². The summed E-state index contributed by atoms with van der Waals surface area (Å²) in [5.41, 5.74) is 9.12. The molecule has 0 radical (unpaired) electrons. The van der Waals surface area contributed by atoms with Crippen LogP contribution in [0.1, 0.15) is 36.1 Å². The van der Waals surface area contributed by atoms with Gasteiger partial charge in [-0.2, -0.15) is 5.10 Å². The van der Waals surface area contributed by atoms with Crippen molar-refractivity contribution in [2.75, 3.05) is 6.61 Å². The second-order valence-corrected chi connectivity index (χ2v) is 6.43. The van der Waals surface area contributed by atoms with Gasteiger partial charge < -0.3 is 4.74 Å². The van der Waals surface area contributed by atoms with Gasteiger partial charge in [-0.3, -0.25) is 10.4 Å². The van der Waals surface area contributed by atoms with E-state index in [1.807, 2.05) is 43.3 Å². The van der Waals surface area contributed by atoms with Gasteiger partial charge in [-0.05, 0) is 67.4 Å². The number of amidine groups is 1. The van der Waals surface area contributed by atoms with Crippen LogP contribution in [0.4, 0.5) is 5.69 Å². The van der Waals surface area contributed by atoms with Crippen LogP contribution in [0.2, 0.25) is 0 Å². The van der Waals surface area contributed by atoms with Crippen molar-refractivity contribution in [3.8, 4) is 5.75 Å². The standard InChI is InChI=1S/C23H22N4O/c1-3-16-5-10-21-20(15-16)22(17-11-13-24-14-12-17)26-27-23(25-21)18-6-8-19(9-7-18)28-4-2/h5-15H,3-4H2,1-2H3,(H,25,27). The Hall–Kier alpha value is -3.47. The maximum Gasteiger partial charge on any atom is 0.154 e. The second-order valence-electron chi connectivity index (χ2n) is 6.43. The molecule has 0 bridgehead atoms. The highest BCUT2D eigenvalue weighted by Crippen LogP contribution is 2.27. The Labute approximate surface area is 164 Å². The van der Waals surface area contributed by atoms with Crippen molar-refractivity contribution in [3.05, 3.63) is 89.2 Å². The molecule has 0 amide bonds. The van der Waals surface area contributed by atoms with Crippen LogP contribution in [0.3, 0.4) is 0 Å². The summed E-state index contributed by atoms with van der Waals surface area (Å²) in [6.07, 6.45) is 4.51. The van der Waals surface area contributed by atoms with Crippen molar-refractivity contribution in [1.29, 1.82) is 0 Å². The summed E-state index contributed by atoms with van der Waals surface area (Å²) in [6, 6.07) is 18.1. The molecular weight excluding hydrogens is 348 g/mol. The van der Waals surface area contributed by atoms with Gasteiger partial charge in [0.05, 0.1) is 12.3 Å². The van der Waals surface area contributed by atoms with Crippen molar-refractivity contribution in [3.63, 3.8) is 0 Å². The summed E-state index contributed by atoms with van der Waals surface area (Å²) in [7, 11) is 0. The Kier molecular flexibility index (Phi) is 5.15. The average Bonchev–Trinajstić information content (AvgIpc) is 2.94. The lowest BCUT2D eigenvalue weighted by Crippen LogP contribution is -2.19. The molecule has 0 spiro atoms. The van der Waals surface area contributed by atoms with Crippen LogP contribution in [0.15, 0.2) is 77.1 Å². The first-order valence-corrected chi connectivity index (χ1v) is 9.47. The summed E-state index contributed by atoms with van der Waals surface area (Å²) in [6.45, 7) is 4.77. The molecule has 5 heteroatoms. The first kappa shape index (κ1) is 17.9. The quantitative estimate of drug-likeness (QED) is 0.720. The minimum atomic E-state index is 0.644. The molecule has 1 aromatic heterocycles. The number of nitrogens with zero attached hydrogens (tertiary/aromatic N) is 3. The van der Waals surface area contributed by atoms with Crippen LogP contribution in [0.5, 0.6) is 5.75 Å². The lowest BCUT2D eigenvalue weighted by molar-refractivity contribution is 0.340. The van der Waals surface area contributed by atoms with Crippen molar-refractivity contribution in [2.24, 2.45) is 10.1 Å². The zero-order chi connectivity index (χ0) is 19.3. The topological polar surface area (TPSA) is 58.9 Å².